The highest BCUT2D eigenvalue weighted by Crippen LogP contribution is 2.18. The molecule has 0 bridgehead atoms. The second-order valence-corrected chi connectivity index (χ2v) is 4.62. The molecule has 16 heavy (non-hydrogen) atoms. The number of ether oxygens (including phenoxy) is 1. The molecule has 5 nitrogen and oxygen atoms in total. The highest BCUT2D eigenvalue weighted by atomic mass is 16.5. The van der Waals surface area contributed by atoms with Gasteiger partial charge in [0.1, 0.15) is 6.10 Å². The number of carbonyl (C=O) groups excluding carboxylic acids is 1. The molecule has 1 unspecified atom stereocenters. The first-order valence-corrected chi connectivity index (χ1v) is 5.84. The van der Waals surface area contributed by atoms with Crippen LogP contribution in [-0.2, 0) is 9.53 Å². The number of nitrogens with one attached hydrogen (secondary N) is 1. The van der Waals surface area contributed by atoms with Crippen LogP contribution in [-0.4, -0.2) is 56.2 Å². The van der Waals surface area contributed by atoms with Crippen LogP contribution in [0.4, 0.5) is 0 Å². The molecule has 0 aromatic carbocycles. The zero-order valence-corrected chi connectivity index (χ0v) is 10.4. The van der Waals surface area contributed by atoms with E-state index in [4.69, 9.17) is 10.5 Å². The van der Waals surface area contributed by atoms with Crippen molar-refractivity contribution in [3.8, 4) is 0 Å². The quantitative estimate of drug-likeness (QED) is 0.670. The minimum absolute atomic E-state index is 0.00958. The van der Waals surface area contributed by atoms with Gasteiger partial charge in [-0.3, -0.25) is 4.79 Å². The number of hydrogen-bond acceptors (Lipinski definition) is 4. The maximum Gasteiger partial charge on any atom is 0.249 e. The highest BCUT2D eigenvalue weighted by Gasteiger charge is 2.29. The number of rotatable bonds is 5. The Balaban J connectivity index is 2.26. The highest BCUT2D eigenvalue weighted by molar-refractivity contribution is 5.81. The maximum atomic E-state index is 11.7. The van der Waals surface area contributed by atoms with E-state index in [1.54, 1.807) is 0 Å². The molecule has 1 aliphatic rings. The van der Waals surface area contributed by atoms with Gasteiger partial charge in [0.05, 0.1) is 6.10 Å². The van der Waals surface area contributed by atoms with Gasteiger partial charge in [-0.1, -0.05) is 0 Å². The third kappa shape index (κ3) is 3.73. The van der Waals surface area contributed by atoms with Gasteiger partial charge in [-0.25, -0.2) is 0 Å². The van der Waals surface area contributed by atoms with Gasteiger partial charge in [0, 0.05) is 19.1 Å². The summed E-state index contributed by atoms with van der Waals surface area (Å²) in [7, 11) is 3.99. The van der Waals surface area contributed by atoms with E-state index < -0.39 is 0 Å². The lowest BCUT2D eigenvalue weighted by Gasteiger charge is -2.21. The van der Waals surface area contributed by atoms with Crippen molar-refractivity contribution in [2.45, 2.75) is 38.0 Å². The van der Waals surface area contributed by atoms with Gasteiger partial charge in [0.15, 0.2) is 0 Å². The Morgan fingerprint density at radius 3 is 2.75 bits per heavy atom. The number of hydrogen-bond donors (Lipinski definition) is 2. The van der Waals surface area contributed by atoms with E-state index in [-0.39, 0.29) is 18.1 Å². The molecule has 1 saturated heterocycles. The number of carbonyl (C=O) groups is 1. The summed E-state index contributed by atoms with van der Waals surface area (Å²) in [5.74, 6) is -0.00958. The first-order chi connectivity index (χ1) is 7.54. The summed E-state index contributed by atoms with van der Waals surface area (Å²) in [6.07, 6.45) is 1.42. The number of nitrogens with two attached hydrogens (primary N) is 1. The Bertz CT molecular complexity index is 233. The summed E-state index contributed by atoms with van der Waals surface area (Å²) >= 11 is 0. The predicted molar refractivity (Wildman–Crippen MR) is 63.1 cm³/mol. The summed E-state index contributed by atoms with van der Waals surface area (Å²) in [6, 6.07) is 0.329. The lowest BCUT2D eigenvalue weighted by Crippen LogP contribution is -2.42. The molecule has 0 aliphatic carbocycles. The van der Waals surface area contributed by atoms with E-state index in [9.17, 15) is 4.79 Å². The molecular formula is C11H23N3O2. The zero-order valence-electron chi connectivity index (χ0n) is 10.4. The minimum Gasteiger partial charge on any atom is -0.364 e. The van der Waals surface area contributed by atoms with Crippen LogP contribution in [0.5, 0.6) is 0 Å². The Hall–Kier alpha value is -0.650. The summed E-state index contributed by atoms with van der Waals surface area (Å²) in [4.78, 5) is 13.8. The molecular weight excluding hydrogens is 206 g/mol. The summed E-state index contributed by atoms with van der Waals surface area (Å²) in [5.41, 5.74) is 5.49. The van der Waals surface area contributed by atoms with Crippen molar-refractivity contribution in [1.29, 1.82) is 0 Å². The molecule has 0 radical (unpaired) electrons. The Morgan fingerprint density at radius 2 is 2.25 bits per heavy atom. The van der Waals surface area contributed by atoms with Gasteiger partial charge in [-0.2, -0.15) is 0 Å². The second-order valence-electron chi connectivity index (χ2n) is 4.62. The summed E-state index contributed by atoms with van der Waals surface area (Å²) in [6.45, 7) is 3.22. The van der Waals surface area contributed by atoms with Crippen molar-refractivity contribution in [2.75, 3.05) is 27.2 Å². The van der Waals surface area contributed by atoms with Crippen molar-refractivity contribution < 1.29 is 9.53 Å². The molecule has 3 N–H and O–H groups in total. The fraction of sp³-hybridized carbons (Fsp3) is 0.909. The molecule has 1 amide bonds. The molecule has 5 heteroatoms. The van der Waals surface area contributed by atoms with Crippen molar-refractivity contribution >= 4 is 5.91 Å². The number of amides is 1. The molecule has 94 valence electrons. The summed E-state index contributed by atoms with van der Waals surface area (Å²) in [5, 5.41) is 2.90. The average molecular weight is 229 g/mol. The zero-order chi connectivity index (χ0) is 12.1. The molecule has 0 aromatic heterocycles. The Morgan fingerprint density at radius 1 is 1.56 bits per heavy atom. The first kappa shape index (κ1) is 13.4. The molecule has 0 spiro atoms. The predicted octanol–water partition coefficient (Wildman–Crippen LogP) is -0.441. The van der Waals surface area contributed by atoms with Crippen LogP contribution in [0.15, 0.2) is 0 Å². The monoisotopic (exact) mass is 229 g/mol. The van der Waals surface area contributed by atoms with E-state index in [1.807, 2.05) is 14.1 Å². The van der Waals surface area contributed by atoms with E-state index in [0.717, 1.165) is 12.8 Å². The molecule has 1 fully saturated rings. The third-order valence-corrected chi connectivity index (χ3v) is 3.12. The fourth-order valence-corrected chi connectivity index (χ4v) is 1.62. The lowest BCUT2D eigenvalue weighted by atomic mass is 10.2. The van der Waals surface area contributed by atoms with E-state index >= 15 is 0 Å². The van der Waals surface area contributed by atoms with Crippen LogP contribution in [0.2, 0.25) is 0 Å². The summed E-state index contributed by atoms with van der Waals surface area (Å²) < 4.78 is 5.51. The van der Waals surface area contributed by atoms with Crippen molar-refractivity contribution in [3.63, 3.8) is 0 Å². The Kier molecular flexibility index (Phi) is 5.18. The van der Waals surface area contributed by atoms with Crippen LogP contribution in [0.3, 0.4) is 0 Å². The molecule has 1 heterocycles. The average Bonchev–Trinajstić information content (AvgIpc) is 2.73. The largest absolute Gasteiger partial charge is 0.364 e. The standard InChI is InChI=1S/C11H23N3O2/c1-8(14(2)3)7-13-11(15)10-5-4-9(6-12)16-10/h8-10H,4-7,12H2,1-3H3,(H,13,15)/t8?,9-,10+/m1/s1. The van der Waals surface area contributed by atoms with Crippen LogP contribution < -0.4 is 11.1 Å². The topological polar surface area (TPSA) is 67.6 Å². The third-order valence-electron chi connectivity index (χ3n) is 3.12. The molecule has 1 aliphatic heterocycles. The first-order valence-electron chi connectivity index (χ1n) is 5.84. The van der Waals surface area contributed by atoms with Gasteiger partial charge in [-0.05, 0) is 33.9 Å². The van der Waals surface area contributed by atoms with Gasteiger partial charge >= 0.3 is 0 Å². The second kappa shape index (κ2) is 6.18. The maximum absolute atomic E-state index is 11.7. The van der Waals surface area contributed by atoms with Gasteiger partial charge in [0.25, 0.3) is 0 Å². The van der Waals surface area contributed by atoms with Crippen molar-refractivity contribution in [1.82, 2.24) is 10.2 Å². The van der Waals surface area contributed by atoms with E-state index in [2.05, 4.69) is 17.1 Å². The molecule has 0 saturated carbocycles. The Labute approximate surface area is 97.3 Å². The van der Waals surface area contributed by atoms with Crippen LogP contribution >= 0.6 is 0 Å². The van der Waals surface area contributed by atoms with Gasteiger partial charge in [-0.15, -0.1) is 0 Å². The lowest BCUT2D eigenvalue weighted by molar-refractivity contribution is -0.132. The van der Waals surface area contributed by atoms with Crippen molar-refractivity contribution in [3.05, 3.63) is 0 Å². The number of likely N-dealkylation sites (N-methyl/N-ethyl adjacent to an activating group) is 1. The van der Waals surface area contributed by atoms with Crippen molar-refractivity contribution in [2.24, 2.45) is 5.73 Å². The van der Waals surface area contributed by atoms with Crippen LogP contribution in [0, 0.1) is 0 Å². The van der Waals surface area contributed by atoms with Crippen LogP contribution in [0.1, 0.15) is 19.8 Å². The number of nitrogens with zero attached hydrogens (tertiary/aromatic N) is 1. The normalized spacial score (nSPS) is 27.1. The fourth-order valence-electron chi connectivity index (χ4n) is 1.62. The van der Waals surface area contributed by atoms with Crippen LogP contribution in [0.25, 0.3) is 0 Å². The van der Waals surface area contributed by atoms with E-state index in [1.165, 1.54) is 0 Å². The minimum atomic E-state index is -0.303. The molecule has 1 rings (SSSR count). The van der Waals surface area contributed by atoms with Gasteiger partial charge < -0.3 is 20.7 Å². The molecule has 3 atom stereocenters. The van der Waals surface area contributed by atoms with Gasteiger partial charge in [0.2, 0.25) is 5.91 Å². The smallest absolute Gasteiger partial charge is 0.249 e. The van der Waals surface area contributed by atoms with E-state index in [0.29, 0.717) is 19.1 Å². The SMILES string of the molecule is CC(CNC(=O)[C@@H]1CC[C@H](CN)O1)N(C)C. The molecule has 0 aromatic rings.